The van der Waals surface area contributed by atoms with E-state index < -0.39 is 11.9 Å². The number of carbonyl (C=O) groups is 2. The van der Waals surface area contributed by atoms with Gasteiger partial charge in [0, 0.05) is 11.0 Å². The van der Waals surface area contributed by atoms with Gasteiger partial charge in [-0.25, -0.2) is 9.78 Å². The molecule has 1 aromatic carbocycles. The quantitative estimate of drug-likeness (QED) is 0.540. The predicted molar refractivity (Wildman–Crippen MR) is 108 cm³/mol. The number of rotatable bonds is 5. The number of para-hydroxylation sites is 1. The molecule has 7 nitrogen and oxygen atoms in total. The molecule has 28 heavy (non-hydrogen) atoms. The first-order valence-corrected chi connectivity index (χ1v) is 8.92. The Balaban J connectivity index is 2.20. The summed E-state index contributed by atoms with van der Waals surface area (Å²) in [4.78, 5) is 29.3. The maximum atomic E-state index is 12.3. The number of nitrogens with zero attached hydrogens (tertiary/aromatic N) is 3. The van der Waals surface area contributed by atoms with Crippen molar-refractivity contribution in [1.82, 2.24) is 14.8 Å². The molecule has 7 heteroatoms. The Morgan fingerprint density at radius 2 is 2.00 bits per heavy atom. The lowest BCUT2D eigenvalue weighted by Crippen LogP contribution is -2.18. The van der Waals surface area contributed by atoms with Crippen molar-refractivity contribution in [2.45, 2.75) is 27.7 Å². The van der Waals surface area contributed by atoms with Gasteiger partial charge in [-0.3, -0.25) is 4.79 Å². The summed E-state index contributed by atoms with van der Waals surface area (Å²) in [5, 5.41) is 8.02. The summed E-state index contributed by atoms with van der Waals surface area (Å²) in [5.41, 5.74) is 3.33. The van der Waals surface area contributed by atoms with Crippen LogP contribution in [0.2, 0.25) is 0 Å². The number of hydrogen-bond donors (Lipinski definition) is 1. The first-order valence-electron chi connectivity index (χ1n) is 8.92. The van der Waals surface area contributed by atoms with E-state index in [1.807, 2.05) is 38.1 Å². The molecule has 0 aliphatic carbocycles. The Hall–Kier alpha value is -3.48. The number of benzene rings is 1. The average molecular weight is 378 g/mol. The van der Waals surface area contributed by atoms with Crippen molar-refractivity contribution < 1.29 is 14.3 Å². The molecule has 0 spiro atoms. The van der Waals surface area contributed by atoms with Gasteiger partial charge >= 0.3 is 5.97 Å². The lowest BCUT2D eigenvalue weighted by atomic mass is 10.1. The van der Waals surface area contributed by atoms with Crippen LogP contribution in [0.25, 0.3) is 16.7 Å². The number of aromatic nitrogens is 3. The number of nitrogens with one attached hydrogen (secondary N) is 1. The zero-order valence-corrected chi connectivity index (χ0v) is 16.4. The second-order valence-corrected chi connectivity index (χ2v) is 6.54. The van der Waals surface area contributed by atoms with Crippen LogP contribution in [0.3, 0.4) is 0 Å². The number of carbonyl (C=O) groups excluding carboxylic acids is 2. The number of fused-ring (bicyclic) bond motifs is 1. The molecule has 0 radical (unpaired) electrons. The Bertz CT molecular complexity index is 1100. The minimum Gasteiger partial charge on any atom is -0.462 e. The fourth-order valence-corrected chi connectivity index (χ4v) is 2.87. The zero-order valence-electron chi connectivity index (χ0n) is 16.4. The Morgan fingerprint density at radius 1 is 1.25 bits per heavy atom. The number of aryl methyl sites for hydroxylation is 2. The highest BCUT2D eigenvalue weighted by Crippen LogP contribution is 2.26. The van der Waals surface area contributed by atoms with Gasteiger partial charge in [-0.15, -0.1) is 0 Å². The van der Waals surface area contributed by atoms with Crippen LogP contribution in [-0.2, 0) is 9.53 Å². The molecule has 2 heterocycles. The molecule has 0 saturated carbocycles. The molecule has 0 unspecified atom stereocenters. The van der Waals surface area contributed by atoms with Gasteiger partial charge in [0.05, 0.1) is 18.3 Å². The van der Waals surface area contributed by atoms with E-state index in [9.17, 15) is 9.59 Å². The van der Waals surface area contributed by atoms with Gasteiger partial charge in [-0.2, -0.15) is 9.78 Å². The summed E-state index contributed by atoms with van der Waals surface area (Å²) >= 11 is 0. The highest BCUT2D eigenvalue weighted by molar-refractivity contribution is 6.06. The van der Waals surface area contributed by atoms with Crippen LogP contribution in [-0.4, -0.2) is 33.2 Å². The Labute approximate surface area is 163 Å². The van der Waals surface area contributed by atoms with Gasteiger partial charge in [0.1, 0.15) is 5.56 Å². The molecular weight excluding hydrogens is 356 g/mol. The van der Waals surface area contributed by atoms with Gasteiger partial charge in [0.2, 0.25) is 0 Å². The van der Waals surface area contributed by atoms with Crippen LogP contribution in [0, 0.1) is 13.8 Å². The SMILES string of the molecule is C=C(C)C(=O)Nc1c(C(=O)OCC)cnn1-c1cc(C)c2cccc(C)c2n1. The first kappa shape index (κ1) is 19.3. The summed E-state index contributed by atoms with van der Waals surface area (Å²) in [7, 11) is 0. The van der Waals surface area contributed by atoms with E-state index >= 15 is 0 Å². The number of ether oxygens (including phenoxy) is 1. The van der Waals surface area contributed by atoms with Gasteiger partial charge in [-0.05, 0) is 44.9 Å². The molecule has 0 aliphatic heterocycles. The number of amides is 1. The third-order valence-corrected chi connectivity index (χ3v) is 4.34. The van der Waals surface area contributed by atoms with Gasteiger partial charge in [0.15, 0.2) is 11.6 Å². The van der Waals surface area contributed by atoms with Crippen LogP contribution in [0.1, 0.15) is 35.3 Å². The molecule has 0 saturated heterocycles. The summed E-state index contributed by atoms with van der Waals surface area (Å²) in [6, 6.07) is 7.83. The third kappa shape index (κ3) is 3.51. The average Bonchev–Trinajstić information content (AvgIpc) is 3.06. The van der Waals surface area contributed by atoms with Gasteiger partial charge in [0.25, 0.3) is 5.91 Å². The van der Waals surface area contributed by atoms with Crippen molar-refractivity contribution in [1.29, 1.82) is 0 Å². The normalized spacial score (nSPS) is 10.7. The second kappa shape index (κ2) is 7.64. The van der Waals surface area contributed by atoms with Crippen molar-refractivity contribution in [2.24, 2.45) is 0 Å². The van der Waals surface area contributed by atoms with Crippen molar-refractivity contribution in [3.05, 3.63) is 59.3 Å². The molecule has 0 aliphatic rings. The van der Waals surface area contributed by atoms with Crippen molar-refractivity contribution >= 4 is 28.6 Å². The minimum absolute atomic E-state index is 0.154. The van der Waals surface area contributed by atoms with E-state index in [0.717, 1.165) is 22.0 Å². The van der Waals surface area contributed by atoms with E-state index in [4.69, 9.17) is 9.72 Å². The van der Waals surface area contributed by atoms with Crippen molar-refractivity contribution in [2.75, 3.05) is 11.9 Å². The standard InChI is InChI=1S/C21H22N4O3/c1-6-28-21(27)16-11-22-25(19(16)24-20(26)12(2)3)17-10-14(5)15-9-7-8-13(4)18(15)23-17/h7-11H,2,6H2,1,3-5H3,(H,24,26). The maximum absolute atomic E-state index is 12.3. The maximum Gasteiger partial charge on any atom is 0.343 e. The smallest absolute Gasteiger partial charge is 0.343 e. The van der Waals surface area contributed by atoms with Crippen LogP contribution < -0.4 is 5.32 Å². The lowest BCUT2D eigenvalue weighted by Gasteiger charge is -2.13. The van der Waals surface area contributed by atoms with Crippen LogP contribution in [0.4, 0.5) is 5.82 Å². The van der Waals surface area contributed by atoms with Crippen molar-refractivity contribution in [3.8, 4) is 5.82 Å². The van der Waals surface area contributed by atoms with Gasteiger partial charge in [-0.1, -0.05) is 24.8 Å². The minimum atomic E-state index is -0.570. The molecule has 1 N–H and O–H groups in total. The Morgan fingerprint density at radius 3 is 2.68 bits per heavy atom. The summed E-state index contributed by atoms with van der Waals surface area (Å²) < 4.78 is 6.52. The third-order valence-electron chi connectivity index (χ3n) is 4.34. The lowest BCUT2D eigenvalue weighted by molar-refractivity contribution is -0.112. The predicted octanol–water partition coefficient (Wildman–Crippen LogP) is 3.73. The highest BCUT2D eigenvalue weighted by atomic mass is 16.5. The Kier molecular flexibility index (Phi) is 5.26. The molecule has 0 bridgehead atoms. The molecule has 3 aromatic rings. The number of hydrogen-bond acceptors (Lipinski definition) is 5. The molecule has 144 valence electrons. The summed E-state index contributed by atoms with van der Waals surface area (Å²) in [5.74, 6) is -0.293. The molecule has 0 atom stereocenters. The zero-order chi connectivity index (χ0) is 20.4. The first-order chi connectivity index (χ1) is 13.3. The topological polar surface area (TPSA) is 86.1 Å². The largest absolute Gasteiger partial charge is 0.462 e. The van der Waals surface area contributed by atoms with Crippen LogP contribution in [0.5, 0.6) is 0 Å². The second-order valence-electron chi connectivity index (χ2n) is 6.54. The van der Waals surface area contributed by atoms with Crippen LogP contribution in [0.15, 0.2) is 42.6 Å². The number of anilines is 1. The highest BCUT2D eigenvalue weighted by Gasteiger charge is 2.22. The number of pyridine rings is 1. The van der Waals surface area contributed by atoms with E-state index in [-0.39, 0.29) is 18.0 Å². The van der Waals surface area contributed by atoms with Crippen LogP contribution >= 0.6 is 0 Å². The monoisotopic (exact) mass is 378 g/mol. The molecular formula is C21H22N4O3. The summed E-state index contributed by atoms with van der Waals surface area (Å²) in [6.07, 6.45) is 1.37. The van der Waals surface area contributed by atoms with E-state index in [2.05, 4.69) is 17.0 Å². The fraction of sp³-hybridized carbons (Fsp3) is 0.238. The molecule has 0 fully saturated rings. The molecule has 1 amide bonds. The summed E-state index contributed by atoms with van der Waals surface area (Å²) in [6.45, 7) is 11.1. The molecule has 2 aromatic heterocycles. The van der Waals surface area contributed by atoms with Crippen molar-refractivity contribution in [3.63, 3.8) is 0 Å². The van der Waals surface area contributed by atoms with E-state index in [1.165, 1.54) is 10.9 Å². The van der Waals surface area contributed by atoms with Gasteiger partial charge < -0.3 is 10.1 Å². The molecule has 3 rings (SSSR count). The fourth-order valence-electron chi connectivity index (χ4n) is 2.87. The van der Waals surface area contributed by atoms with E-state index in [1.54, 1.807) is 13.8 Å². The number of esters is 1. The van der Waals surface area contributed by atoms with E-state index in [0.29, 0.717) is 11.4 Å².